The number of ketones is 1. The van der Waals surface area contributed by atoms with Crippen molar-refractivity contribution >= 4 is 17.3 Å². The number of aromatic nitrogens is 2. The van der Waals surface area contributed by atoms with Crippen molar-refractivity contribution in [2.24, 2.45) is 5.92 Å². The van der Waals surface area contributed by atoms with Crippen LogP contribution in [0, 0.1) is 5.92 Å². The Kier molecular flexibility index (Phi) is 3.24. The predicted octanol–water partition coefficient (Wildman–Crippen LogP) is 2.69. The highest BCUT2D eigenvalue weighted by Gasteiger charge is 2.22. The van der Waals surface area contributed by atoms with E-state index in [0.717, 1.165) is 12.8 Å². The van der Waals surface area contributed by atoms with Crippen molar-refractivity contribution in [1.29, 1.82) is 0 Å². The van der Waals surface area contributed by atoms with Gasteiger partial charge in [0.25, 0.3) is 0 Å². The van der Waals surface area contributed by atoms with Gasteiger partial charge in [0.05, 0.1) is 0 Å². The van der Waals surface area contributed by atoms with E-state index in [2.05, 4.69) is 9.59 Å². The fourth-order valence-electron chi connectivity index (χ4n) is 2.02. The average molecular weight is 210 g/mol. The molecule has 0 radical (unpaired) electrons. The Labute approximate surface area is 87.7 Å². The van der Waals surface area contributed by atoms with Gasteiger partial charge in [-0.1, -0.05) is 30.2 Å². The Morgan fingerprint density at radius 3 is 2.57 bits per heavy atom. The van der Waals surface area contributed by atoms with Crippen LogP contribution in [0.15, 0.2) is 5.38 Å². The van der Waals surface area contributed by atoms with Crippen molar-refractivity contribution in [2.45, 2.75) is 38.5 Å². The Balaban J connectivity index is 2.03. The molecule has 0 spiro atoms. The van der Waals surface area contributed by atoms with Crippen molar-refractivity contribution in [3.05, 3.63) is 11.1 Å². The summed E-state index contributed by atoms with van der Waals surface area (Å²) in [6.07, 6.45) is 7.01. The van der Waals surface area contributed by atoms with Crippen LogP contribution in [0.25, 0.3) is 0 Å². The van der Waals surface area contributed by atoms with Crippen LogP contribution in [0.1, 0.15) is 49.0 Å². The second kappa shape index (κ2) is 4.64. The van der Waals surface area contributed by atoms with E-state index in [0.29, 0.717) is 5.69 Å². The molecular formula is C10H14N2OS. The summed E-state index contributed by atoms with van der Waals surface area (Å²) in [6.45, 7) is 0. The second-order valence-electron chi connectivity index (χ2n) is 3.84. The van der Waals surface area contributed by atoms with Crippen molar-refractivity contribution in [2.75, 3.05) is 0 Å². The van der Waals surface area contributed by atoms with E-state index in [1.54, 1.807) is 5.38 Å². The zero-order valence-electron chi connectivity index (χ0n) is 8.11. The van der Waals surface area contributed by atoms with Gasteiger partial charge in [-0.3, -0.25) is 4.79 Å². The van der Waals surface area contributed by atoms with Crippen LogP contribution in [0.2, 0.25) is 0 Å². The molecule has 0 N–H and O–H groups in total. The fourth-order valence-corrected chi connectivity index (χ4v) is 2.47. The molecule has 3 nitrogen and oxygen atoms in total. The Hall–Kier alpha value is -0.770. The van der Waals surface area contributed by atoms with E-state index in [1.165, 1.54) is 37.2 Å². The van der Waals surface area contributed by atoms with Crippen molar-refractivity contribution in [3.8, 4) is 0 Å². The summed E-state index contributed by atoms with van der Waals surface area (Å²) < 4.78 is 3.73. The van der Waals surface area contributed by atoms with E-state index in [4.69, 9.17) is 0 Å². The van der Waals surface area contributed by atoms with Gasteiger partial charge in [0.1, 0.15) is 5.69 Å². The molecule has 0 amide bonds. The third kappa shape index (κ3) is 2.18. The van der Waals surface area contributed by atoms with Gasteiger partial charge in [-0.05, 0) is 24.4 Å². The highest BCUT2D eigenvalue weighted by molar-refractivity contribution is 7.03. The SMILES string of the molecule is O=C(c1csnn1)C1CCCCCC1. The first kappa shape index (κ1) is 9.77. The van der Waals surface area contributed by atoms with Gasteiger partial charge in [-0.25, -0.2) is 0 Å². The third-order valence-electron chi connectivity index (χ3n) is 2.84. The average Bonchev–Trinajstić information content (AvgIpc) is 2.59. The number of carbonyl (C=O) groups is 1. The molecule has 1 aromatic heterocycles. The summed E-state index contributed by atoms with van der Waals surface area (Å²) >= 11 is 1.26. The molecule has 76 valence electrons. The van der Waals surface area contributed by atoms with Gasteiger partial charge in [0.2, 0.25) is 0 Å². The van der Waals surface area contributed by atoms with Crippen molar-refractivity contribution in [1.82, 2.24) is 9.59 Å². The molecule has 1 fully saturated rings. The molecule has 2 rings (SSSR count). The molecule has 0 aliphatic heterocycles. The number of carbonyl (C=O) groups excluding carboxylic acids is 1. The number of hydrogen-bond acceptors (Lipinski definition) is 4. The van der Waals surface area contributed by atoms with Crippen LogP contribution in [-0.4, -0.2) is 15.4 Å². The predicted molar refractivity (Wildman–Crippen MR) is 55.4 cm³/mol. The molecule has 1 saturated carbocycles. The number of Topliss-reactive ketones (excluding diaryl/α,β-unsaturated/α-hetero) is 1. The topological polar surface area (TPSA) is 42.9 Å². The summed E-state index contributed by atoms with van der Waals surface area (Å²) in [5.74, 6) is 0.419. The molecule has 0 saturated heterocycles. The lowest BCUT2D eigenvalue weighted by Crippen LogP contribution is -2.14. The normalized spacial score (nSPS) is 19.1. The fraction of sp³-hybridized carbons (Fsp3) is 0.700. The maximum absolute atomic E-state index is 11.9. The first-order valence-electron chi connectivity index (χ1n) is 5.19. The first-order valence-corrected chi connectivity index (χ1v) is 6.03. The Morgan fingerprint density at radius 1 is 1.29 bits per heavy atom. The summed E-state index contributed by atoms with van der Waals surface area (Å²) in [5, 5.41) is 5.60. The smallest absolute Gasteiger partial charge is 0.187 e. The van der Waals surface area contributed by atoms with E-state index < -0.39 is 0 Å². The lowest BCUT2D eigenvalue weighted by atomic mass is 9.94. The van der Waals surface area contributed by atoms with E-state index in [-0.39, 0.29) is 11.7 Å². The Morgan fingerprint density at radius 2 is 2.00 bits per heavy atom. The second-order valence-corrected chi connectivity index (χ2v) is 4.45. The summed E-state index contributed by atoms with van der Waals surface area (Å²) in [5.41, 5.74) is 0.571. The maximum Gasteiger partial charge on any atom is 0.187 e. The Bertz CT molecular complexity index is 289. The number of rotatable bonds is 2. The standard InChI is InChI=1S/C10H14N2OS/c13-10(9-7-14-12-11-9)8-5-3-1-2-4-6-8/h7-8H,1-6H2. The quantitative estimate of drug-likeness (QED) is 0.556. The monoisotopic (exact) mass is 210 g/mol. The van der Waals surface area contributed by atoms with Gasteiger partial charge < -0.3 is 0 Å². The van der Waals surface area contributed by atoms with Crippen LogP contribution in [-0.2, 0) is 0 Å². The lowest BCUT2D eigenvalue weighted by molar-refractivity contribution is 0.0902. The molecule has 4 heteroatoms. The van der Waals surface area contributed by atoms with Crippen molar-refractivity contribution in [3.63, 3.8) is 0 Å². The molecule has 0 atom stereocenters. The molecule has 1 heterocycles. The minimum atomic E-state index is 0.209. The number of hydrogen-bond donors (Lipinski definition) is 0. The van der Waals surface area contributed by atoms with Crippen molar-refractivity contribution < 1.29 is 4.79 Å². The largest absolute Gasteiger partial charge is 0.292 e. The van der Waals surface area contributed by atoms with Gasteiger partial charge in [-0.2, -0.15) is 0 Å². The maximum atomic E-state index is 11.9. The van der Waals surface area contributed by atoms with Crippen LogP contribution in [0.4, 0.5) is 0 Å². The molecule has 1 aliphatic rings. The van der Waals surface area contributed by atoms with Gasteiger partial charge in [0.15, 0.2) is 5.78 Å². The van der Waals surface area contributed by atoms with Gasteiger partial charge >= 0.3 is 0 Å². The highest BCUT2D eigenvalue weighted by Crippen LogP contribution is 2.25. The van der Waals surface area contributed by atoms with Crippen LogP contribution < -0.4 is 0 Å². The highest BCUT2D eigenvalue weighted by atomic mass is 32.1. The zero-order chi connectivity index (χ0) is 9.80. The molecular weight excluding hydrogens is 196 g/mol. The molecule has 14 heavy (non-hydrogen) atoms. The summed E-state index contributed by atoms with van der Waals surface area (Å²) in [4.78, 5) is 11.9. The summed E-state index contributed by atoms with van der Waals surface area (Å²) in [6, 6.07) is 0. The molecule has 1 aromatic rings. The third-order valence-corrected chi connectivity index (χ3v) is 3.34. The minimum Gasteiger partial charge on any atom is -0.292 e. The molecule has 0 bridgehead atoms. The lowest BCUT2D eigenvalue weighted by Gasteiger charge is -2.09. The zero-order valence-corrected chi connectivity index (χ0v) is 8.92. The van der Waals surface area contributed by atoms with E-state index in [1.807, 2.05) is 0 Å². The van der Waals surface area contributed by atoms with Crippen LogP contribution in [0.3, 0.4) is 0 Å². The summed E-state index contributed by atoms with van der Waals surface area (Å²) in [7, 11) is 0. The van der Waals surface area contributed by atoms with E-state index >= 15 is 0 Å². The van der Waals surface area contributed by atoms with Gasteiger partial charge in [-0.15, -0.1) is 5.10 Å². The minimum absolute atomic E-state index is 0.209. The van der Waals surface area contributed by atoms with Crippen LogP contribution >= 0.6 is 11.5 Å². The van der Waals surface area contributed by atoms with E-state index in [9.17, 15) is 4.79 Å². The number of nitrogens with zero attached hydrogens (tertiary/aromatic N) is 2. The first-order chi connectivity index (χ1) is 6.88. The van der Waals surface area contributed by atoms with Crippen LogP contribution in [0.5, 0.6) is 0 Å². The molecule has 1 aliphatic carbocycles. The molecule has 0 aromatic carbocycles. The molecule has 0 unspecified atom stereocenters. The van der Waals surface area contributed by atoms with Gasteiger partial charge in [0, 0.05) is 11.3 Å².